The second-order valence-corrected chi connectivity index (χ2v) is 12.0. The highest BCUT2D eigenvalue weighted by molar-refractivity contribution is 5.82. The number of carbonyl (C=O) groups excluding carboxylic acids is 2. The summed E-state index contributed by atoms with van der Waals surface area (Å²) in [5, 5.41) is 22.5. The van der Waals surface area contributed by atoms with E-state index in [0.29, 0.717) is 19.3 Å². The van der Waals surface area contributed by atoms with Crippen LogP contribution in [0.2, 0.25) is 0 Å². The summed E-state index contributed by atoms with van der Waals surface area (Å²) in [6.45, 7) is 11.6. The van der Waals surface area contributed by atoms with E-state index in [-0.39, 0.29) is 37.4 Å². The zero-order valence-corrected chi connectivity index (χ0v) is 25.9. The number of Topliss-reactive ketones (excluding diaryl/α,β-unsaturated/α-hetero) is 1. The van der Waals surface area contributed by atoms with Crippen molar-refractivity contribution < 1.29 is 53.0 Å². The molecule has 0 bridgehead atoms. The van der Waals surface area contributed by atoms with Gasteiger partial charge in [-0.1, -0.05) is 51.2 Å². The first kappa shape index (κ1) is 35.0. The predicted octanol–water partition coefficient (Wildman–Crippen LogP) is 2.64. The monoisotopic (exact) mass is 609 g/mol. The van der Waals surface area contributed by atoms with Gasteiger partial charge in [-0.2, -0.15) is 0 Å². The van der Waals surface area contributed by atoms with Crippen LogP contribution in [0, 0.1) is 11.3 Å². The second kappa shape index (κ2) is 15.0. The number of ketones is 1. The molecule has 3 fully saturated rings. The first-order valence-electron chi connectivity index (χ1n) is 14.7. The molecule has 3 saturated heterocycles. The number of carboxylic acid groups (broad SMARTS) is 1. The van der Waals surface area contributed by atoms with Crippen LogP contribution in [0.4, 0.5) is 0 Å². The van der Waals surface area contributed by atoms with Crippen LogP contribution in [0.3, 0.4) is 0 Å². The average molecular weight is 610 g/mol. The summed E-state index contributed by atoms with van der Waals surface area (Å²) in [6.07, 6.45) is 2.15. The molecule has 3 N–H and O–H groups in total. The smallest absolute Gasteiger partial charge is 0.328 e. The maximum absolute atomic E-state index is 13.4. The quantitative estimate of drug-likeness (QED) is 0.122. The topological polar surface area (TPSA) is 159 Å². The van der Waals surface area contributed by atoms with Gasteiger partial charge in [0.05, 0.1) is 18.3 Å². The summed E-state index contributed by atoms with van der Waals surface area (Å²) in [4.78, 5) is 36.9. The van der Waals surface area contributed by atoms with Crippen LogP contribution in [-0.4, -0.2) is 97.5 Å². The molecule has 242 valence electrons. The Hall–Kier alpha value is -2.45. The van der Waals surface area contributed by atoms with E-state index in [1.807, 2.05) is 27.7 Å². The number of aliphatic hydroxyl groups is 1. The van der Waals surface area contributed by atoms with Gasteiger partial charge in [0.1, 0.15) is 24.8 Å². The van der Waals surface area contributed by atoms with E-state index >= 15 is 0 Å². The van der Waals surface area contributed by atoms with Crippen LogP contribution in [0.5, 0.6) is 0 Å². The molecule has 12 heteroatoms. The number of aliphatic carboxylic acids is 1. The molecule has 43 heavy (non-hydrogen) atoms. The number of aliphatic hydroxyl groups excluding tert-OH is 1. The SMILES string of the molecule is C=C1C[C@](OC)([C@H](O)C(=O)N[C@H]2OCO[C@H]3[C@H]2O[C@H](CC(=O)CCC/C=C/C=C/C(=O)O)C(C)(C)[C@@H]3OC)O[C@H](C)[C@@H]1C. The number of unbranched alkanes of at least 4 members (excludes halogenated alkanes) is 1. The van der Waals surface area contributed by atoms with Crippen molar-refractivity contribution in [1.29, 1.82) is 0 Å². The van der Waals surface area contributed by atoms with E-state index in [1.54, 1.807) is 19.3 Å². The van der Waals surface area contributed by atoms with Crippen LogP contribution >= 0.6 is 0 Å². The molecule has 0 saturated carbocycles. The minimum absolute atomic E-state index is 0.00503. The summed E-state index contributed by atoms with van der Waals surface area (Å²) in [5.41, 5.74) is 0.177. The van der Waals surface area contributed by atoms with Gasteiger partial charge in [-0.15, -0.1) is 0 Å². The Morgan fingerprint density at radius 1 is 1.16 bits per heavy atom. The third kappa shape index (κ3) is 8.18. The fraction of sp³-hybridized carbons (Fsp3) is 0.710. The number of rotatable bonds is 13. The molecule has 0 unspecified atom stereocenters. The number of hydrogen-bond acceptors (Lipinski definition) is 10. The van der Waals surface area contributed by atoms with Gasteiger partial charge in [0, 0.05) is 50.9 Å². The first-order valence-corrected chi connectivity index (χ1v) is 14.7. The molecular formula is C31H47NO11. The summed E-state index contributed by atoms with van der Waals surface area (Å²) in [5.74, 6) is -3.39. The zero-order chi connectivity index (χ0) is 31.9. The summed E-state index contributed by atoms with van der Waals surface area (Å²) >= 11 is 0. The predicted molar refractivity (Wildman–Crippen MR) is 155 cm³/mol. The number of amides is 1. The molecule has 3 aliphatic heterocycles. The maximum atomic E-state index is 13.4. The highest BCUT2D eigenvalue weighted by atomic mass is 16.7. The van der Waals surface area contributed by atoms with Gasteiger partial charge in [-0.25, -0.2) is 4.79 Å². The Balaban J connectivity index is 1.68. The van der Waals surface area contributed by atoms with E-state index in [4.69, 9.17) is 33.5 Å². The number of nitrogens with one attached hydrogen (secondary N) is 1. The number of carboxylic acids is 1. The van der Waals surface area contributed by atoms with Crippen molar-refractivity contribution in [3.8, 4) is 0 Å². The third-order valence-electron chi connectivity index (χ3n) is 8.79. The molecule has 0 aliphatic carbocycles. The van der Waals surface area contributed by atoms with Crippen LogP contribution in [0.1, 0.15) is 59.8 Å². The van der Waals surface area contributed by atoms with Crippen LogP contribution in [-0.2, 0) is 42.8 Å². The molecular weight excluding hydrogens is 562 g/mol. The molecule has 3 rings (SSSR count). The lowest BCUT2D eigenvalue weighted by atomic mass is 9.72. The average Bonchev–Trinajstić information content (AvgIpc) is 2.95. The molecule has 3 aliphatic rings. The van der Waals surface area contributed by atoms with Gasteiger partial charge in [0.2, 0.25) is 5.79 Å². The Bertz CT molecular complexity index is 1070. The minimum atomic E-state index is -1.70. The van der Waals surface area contributed by atoms with Gasteiger partial charge in [-0.3, -0.25) is 9.59 Å². The Morgan fingerprint density at radius 2 is 1.88 bits per heavy atom. The molecule has 9 atom stereocenters. The van der Waals surface area contributed by atoms with Crippen molar-refractivity contribution in [2.24, 2.45) is 11.3 Å². The standard InChI is InChI=1S/C31H47NO11/c1-18-16-31(39-7,43-20(3)19(18)2)26(36)28(37)32-29-25-24(40-17-41-29)27(38-6)30(4,5)22(42-25)15-21(33)13-11-9-8-10-12-14-23(34)35/h8,10,12,14,19-20,22,24-27,29,36H,1,9,11,13,15-17H2,2-7H3,(H,32,37)(H,34,35)/b10-8+,14-12+/t19-,20-,22-,24+,25-,26-,27-,29+,31-/m1/s1. The highest BCUT2D eigenvalue weighted by Crippen LogP contribution is 2.43. The lowest BCUT2D eigenvalue weighted by Gasteiger charge is -2.54. The van der Waals surface area contributed by atoms with E-state index in [1.165, 1.54) is 13.2 Å². The fourth-order valence-corrected chi connectivity index (χ4v) is 5.92. The Labute approximate surface area is 253 Å². The molecule has 0 aromatic carbocycles. The van der Waals surface area contributed by atoms with Gasteiger partial charge in [-0.05, 0) is 19.8 Å². The van der Waals surface area contributed by atoms with E-state index < -0.39 is 59.8 Å². The highest BCUT2D eigenvalue weighted by Gasteiger charge is 2.57. The Kier molecular flexibility index (Phi) is 12.2. The van der Waals surface area contributed by atoms with Crippen molar-refractivity contribution in [1.82, 2.24) is 5.32 Å². The lowest BCUT2D eigenvalue weighted by Crippen LogP contribution is -2.69. The summed E-state index contributed by atoms with van der Waals surface area (Å²) in [7, 11) is 2.93. The normalized spacial score (nSPS) is 35.0. The van der Waals surface area contributed by atoms with Gasteiger partial charge in [0.25, 0.3) is 5.91 Å². The Morgan fingerprint density at radius 3 is 2.51 bits per heavy atom. The van der Waals surface area contributed by atoms with Crippen molar-refractivity contribution in [3.63, 3.8) is 0 Å². The van der Waals surface area contributed by atoms with Crippen molar-refractivity contribution in [2.45, 2.75) is 108 Å². The molecule has 0 aromatic rings. The molecule has 0 spiro atoms. The molecule has 0 radical (unpaired) electrons. The molecule has 3 heterocycles. The molecule has 0 aromatic heterocycles. The molecule has 1 amide bonds. The van der Waals surface area contributed by atoms with Gasteiger partial charge < -0.3 is 44.0 Å². The van der Waals surface area contributed by atoms with Crippen molar-refractivity contribution >= 4 is 17.7 Å². The van der Waals surface area contributed by atoms with E-state index in [0.717, 1.165) is 11.6 Å². The van der Waals surface area contributed by atoms with Crippen LogP contribution in [0.15, 0.2) is 36.5 Å². The summed E-state index contributed by atoms with van der Waals surface area (Å²) < 4.78 is 35.5. The number of methoxy groups -OCH3 is 2. The van der Waals surface area contributed by atoms with Gasteiger partial charge >= 0.3 is 5.97 Å². The van der Waals surface area contributed by atoms with Crippen LogP contribution in [0.25, 0.3) is 0 Å². The summed E-state index contributed by atoms with van der Waals surface area (Å²) in [6, 6.07) is 0. The molecule has 12 nitrogen and oxygen atoms in total. The van der Waals surface area contributed by atoms with E-state index in [2.05, 4.69) is 11.9 Å². The fourth-order valence-electron chi connectivity index (χ4n) is 5.92. The van der Waals surface area contributed by atoms with Crippen molar-refractivity contribution in [3.05, 3.63) is 36.5 Å². The number of hydrogen-bond donors (Lipinski definition) is 3. The lowest BCUT2D eigenvalue weighted by molar-refractivity contribution is -0.330. The zero-order valence-electron chi connectivity index (χ0n) is 25.9. The number of carbonyl (C=O) groups is 3. The largest absolute Gasteiger partial charge is 0.478 e. The van der Waals surface area contributed by atoms with Crippen LogP contribution < -0.4 is 5.32 Å². The van der Waals surface area contributed by atoms with Crippen molar-refractivity contribution in [2.75, 3.05) is 21.0 Å². The van der Waals surface area contributed by atoms with Gasteiger partial charge in [0.15, 0.2) is 12.3 Å². The van der Waals surface area contributed by atoms with E-state index in [9.17, 15) is 19.5 Å². The minimum Gasteiger partial charge on any atom is -0.478 e. The third-order valence-corrected chi connectivity index (χ3v) is 8.79. The second-order valence-electron chi connectivity index (χ2n) is 12.0. The number of fused-ring (bicyclic) bond motifs is 1. The maximum Gasteiger partial charge on any atom is 0.328 e. The number of allylic oxidation sites excluding steroid dienone is 3. The number of ether oxygens (including phenoxy) is 6. The first-order chi connectivity index (χ1) is 20.3.